The van der Waals surface area contributed by atoms with Gasteiger partial charge in [-0.05, 0) is 18.4 Å². The Labute approximate surface area is 127 Å². The van der Waals surface area contributed by atoms with Gasteiger partial charge in [-0.3, -0.25) is 10.1 Å². The maximum Gasteiger partial charge on any atom is 0.258 e. The van der Waals surface area contributed by atoms with E-state index in [0.29, 0.717) is 10.7 Å². The van der Waals surface area contributed by atoms with Crippen molar-refractivity contribution < 1.29 is 4.79 Å². The van der Waals surface area contributed by atoms with Crippen molar-refractivity contribution in [2.75, 3.05) is 11.6 Å². The minimum atomic E-state index is -0.107. The van der Waals surface area contributed by atoms with Gasteiger partial charge in [-0.25, -0.2) is 4.98 Å². The second-order valence-electron chi connectivity index (χ2n) is 5.44. The van der Waals surface area contributed by atoms with Gasteiger partial charge in [0.2, 0.25) is 0 Å². The number of amides is 1. The predicted molar refractivity (Wildman–Crippen MR) is 87.0 cm³/mol. The van der Waals surface area contributed by atoms with E-state index in [1.165, 1.54) is 11.3 Å². The number of hydrogen-bond acceptors (Lipinski definition) is 4. The maximum atomic E-state index is 12.3. The Morgan fingerprint density at radius 1 is 1.30 bits per heavy atom. The van der Waals surface area contributed by atoms with Crippen molar-refractivity contribution in [3.05, 3.63) is 40.9 Å². The van der Waals surface area contributed by atoms with Gasteiger partial charge in [0.15, 0.2) is 5.13 Å². The zero-order chi connectivity index (χ0) is 14.8. The summed E-state index contributed by atoms with van der Waals surface area (Å²) in [5.74, 6) is -0.107. The van der Waals surface area contributed by atoms with Crippen LogP contribution in [0.2, 0.25) is 0 Å². The van der Waals surface area contributed by atoms with E-state index in [1.807, 2.05) is 35.9 Å². The minimum absolute atomic E-state index is 0.00332. The van der Waals surface area contributed by atoms with Crippen LogP contribution in [0.4, 0.5) is 5.13 Å². The molecular weight excluding hydrogens is 288 g/mol. The number of benzene rings is 1. The summed E-state index contributed by atoms with van der Waals surface area (Å²) in [6, 6.07) is 7.59. The molecule has 1 N–H and O–H groups in total. The molecule has 0 atom stereocenters. The summed E-state index contributed by atoms with van der Waals surface area (Å²) in [4.78, 5) is 17.7. The summed E-state index contributed by atoms with van der Waals surface area (Å²) in [6.07, 6.45) is 1.97. The lowest BCUT2D eigenvalue weighted by atomic mass is 9.93. The number of nitrogens with one attached hydrogen (secondary N) is 1. The molecular formula is C15H18N2OS2. The van der Waals surface area contributed by atoms with Gasteiger partial charge in [0.1, 0.15) is 0 Å². The molecule has 3 nitrogen and oxygen atoms in total. The fourth-order valence-electron chi connectivity index (χ4n) is 1.67. The van der Waals surface area contributed by atoms with Crippen LogP contribution in [0.25, 0.3) is 0 Å². The van der Waals surface area contributed by atoms with Crippen molar-refractivity contribution in [3.8, 4) is 0 Å². The molecule has 1 amide bonds. The van der Waals surface area contributed by atoms with E-state index < -0.39 is 0 Å². The van der Waals surface area contributed by atoms with Crippen LogP contribution in [-0.2, 0) is 5.41 Å². The molecule has 0 saturated heterocycles. The topological polar surface area (TPSA) is 42.0 Å². The van der Waals surface area contributed by atoms with Crippen LogP contribution in [0.5, 0.6) is 0 Å². The van der Waals surface area contributed by atoms with E-state index in [-0.39, 0.29) is 11.3 Å². The van der Waals surface area contributed by atoms with E-state index in [1.54, 1.807) is 11.8 Å². The second kappa shape index (κ2) is 5.97. The fourth-order valence-corrected chi connectivity index (χ4v) is 3.20. The number of thioether (sulfide) groups is 1. The molecule has 1 heterocycles. The smallest absolute Gasteiger partial charge is 0.258 e. The number of thiazole rings is 1. The Kier molecular flexibility index (Phi) is 4.50. The molecule has 2 rings (SSSR count). The second-order valence-corrected chi connectivity index (χ2v) is 7.15. The Bertz CT molecular complexity index is 614. The number of carbonyl (C=O) groups is 1. The molecule has 5 heteroatoms. The van der Waals surface area contributed by atoms with Gasteiger partial charge in [0, 0.05) is 15.7 Å². The van der Waals surface area contributed by atoms with E-state index in [2.05, 4.69) is 31.1 Å². The van der Waals surface area contributed by atoms with E-state index >= 15 is 0 Å². The van der Waals surface area contributed by atoms with Crippen LogP contribution in [0, 0.1) is 0 Å². The number of hydrogen-bond donors (Lipinski definition) is 1. The molecule has 1 aromatic heterocycles. The normalized spacial score (nSPS) is 11.4. The number of rotatable bonds is 3. The molecule has 0 aliphatic rings. The Balaban J connectivity index is 2.18. The van der Waals surface area contributed by atoms with Crippen molar-refractivity contribution in [1.82, 2.24) is 4.98 Å². The number of aromatic nitrogens is 1. The number of anilines is 1. The molecule has 1 aromatic carbocycles. The summed E-state index contributed by atoms with van der Waals surface area (Å²) in [5.41, 5.74) is 1.68. The first kappa shape index (κ1) is 15.1. The summed E-state index contributed by atoms with van der Waals surface area (Å²) in [7, 11) is 0. The predicted octanol–water partition coefficient (Wildman–Crippen LogP) is 4.41. The van der Waals surface area contributed by atoms with Gasteiger partial charge in [-0.2, -0.15) is 0 Å². The molecule has 0 bridgehead atoms. The average molecular weight is 306 g/mol. The Hall–Kier alpha value is -1.33. The third-order valence-electron chi connectivity index (χ3n) is 2.84. The van der Waals surface area contributed by atoms with Crippen molar-refractivity contribution >= 4 is 34.1 Å². The summed E-state index contributed by atoms with van der Waals surface area (Å²) < 4.78 is 0. The molecule has 20 heavy (non-hydrogen) atoms. The minimum Gasteiger partial charge on any atom is -0.298 e. The van der Waals surface area contributed by atoms with Gasteiger partial charge in [0.25, 0.3) is 5.91 Å². The van der Waals surface area contributed by atoms with E-state index in [4.69, 9.17) is 0 Å². The van der Waals surface area contributed by atoms with E-state index in [0.717, 1.165) is 10.6 Å². The van der Waals surface area contributed by atoms with Gasteiger partial charge in [-0.1, -0.05) is 32.9 Å². The standard InChI is InChI=1S/C15H18N2OS2/c1-15(2,3)12-9-20-14(16-12)17-13(18)10-7-5-6-8-11(10)19-4/h5-9H,1-4H3,(H,16,17,18). The van der Waals surface area contributed by atoms with Crippen LogP contribution in [0.3, 0.4) is 0 Å². The highest BCUT2D eigenvalue weighted by molar-refractivity contribution is 7.98. The SMILES string of the molecule is CSc1ccccc1C(=O)Nc1nc(C(C)(C)C)cs1. The zero-order valence-corrected chi connectivity index (χ0v) is 13.7. The van der Waals surface area contributed by atoms with Gasteiger partial charge >= 0.3 is 0 Å². The third-order valence-corrected chi connectivity index (χ3v) is 4.40. The first-order valence-corrected chi connectivity index (χ1v) is 8.42. The van der Waals surface area contributed by atoms with Crippen LogP contribution < -0.4 is 5.32 Å². The van der Waals surface area contributed by atoms with Gasteiger partial charge < -0.3 is 0 Å². The molecule has 0 fully saturated rings. The number of nitrogens with zero attached hydrogens (tertiary/aromatic N) is 1. The molecule has 0 saturated carbocycles. The molecule has 0 spiro atoms. The highest BCUT2D eigenvalue weighted by Gasteiger charge is 2.19. The monoisotopic (exact) mass is 306 g/mol. The van der Waals surface area contributed by atoms with Crippen LogP contribution >= 0.6 is 23.1 Å². The zero-order valence-electron chi connectivity index (χ0n) is 12.1. The van der Waals surface area contributed by atoms with Crippen LogP contribution in [0.15, 0.2) is 34.5 Å². The first-order valence-electron chi connectivity index (χ1n) is 6.32. The lowest BCUT2D eigenvalue weighted by Crippen LogP contribution is -2.14. The molecule has 106 valence electrons. The first-order chi connectivity index (χ1) is 9.41. The molecule has 0 radical (unpaired) electrons. The highest BCUT2D eigenvalue weighted by atomic mass is 32.2. The van der Waals surface area contributed by atoms with Crippen LogP contribution in [-0.4, -0.2) is 17.1 Å². The molecule has 0 aliphatic carbocycles. The molecule has 2 aromatic rings. The Morgan fingerprint density at radius 3 is 2.60 bits per heavy atom. The fraction of sp³-hybridized carbons (Fsp3) is 0.333. The lowest BCUT2D eigenvalue weighted by molar-refractivity contribution is 0.102. The molecule has 0 aliphatic heterocycles. The highest BCUT2D eigenvalue weighted by Crippen LogP contribution is 2.27. The quantitative estimate of drug-likeness (QED) is 0.854. The lowest BCUT2D eigenvalue weighted by Gasteiger charge is -2.14. The Morgan fingerprint density at radius 2 is 2.00 bits per heavy atom. The summed E-state index contributed by atoms with van der Waals surface area (Å²) >= 11 is 3.03. The van der Waals surface area contributed by atoms with Crippen molar-refractivity contribution in [2.24, 2.45) is 0 Å². The van der Waals surface area contributed by atoms with E-state index in [9.17, 15) is 4.79 Å². The van der Waals surface area contributed by atoms with Crippen LogP contribution in [0.1, 0.15) is 36.8 Å². The third kappa shape index (κ3) is 3.41. The van der Waals surface area contributed by atoms with Crippen molar-refractivity contribution in [2.45, 2.75) is 31.1 Å². The van der Waals surface area contributed by atoms with Crippen molar-refractivity contribution in [1.29, 1.82) is 0 Å². The van der Waals surface area contributed by atoms with Crippen molar-refractivity contribution in [3.63, 3.8) is 0 Å². The summed E-state index contributed by atoms with van der Waals surface area (Å²) in [6.45, 7) is 6.32. The number of carbonyl (C=O) groups excluding carboxylic acids is 1. The maximum absolute atomic E-state index is 12.3. The summed E-state index contributed by atoms with van der Waals surface area (Å²) in [5, 5.41) is 5.53. The van der Waals surface area contributed by atoms with Gasteiger partial charge in [-0.15, -0.1) is 23.1 Å². The molecule has 0 unspecified atom stereocenters. The average Bonchev–Trinajstić information content (AvgIpc) is 2.87. The van der Waals surface area contributed by atoms with Gasteiger partial charge in [0.05, 0.1) is 11.3 Å². The largest absolute Gasteiger partial charge is 0.298 e.